The van der Waals surface area contributed by atoms with Gasteiger partial charge in [-0.15, -0.1) is 0 Å². The molecule has 2 amide bonds. The van der Waals surface area contributed by atoms with E-state index in [9.17, 15) is 18.0 Å². The lowest BCUT2D eigenvalue weighted by molar-refractivity contribution is -0.140. The lowest BCUT2D eigenvalue weighted by Gasteiger charge is -2.33. The van der Waals surface area contributed by atoms with Crippen molar-refractivity contribution in [3.63, 3.8) is 0 Å². The first-order valence-corrected chi connectivity index (χ1v) is 15.6. The third-order valence-corrected chi connectivity index (χ3v) is 8.81. The number of aryl methyl sites for hydroxylation is 2. The van der Waals surface area contributed by atoms with Gasteiger partial charge >= 0.3 is 0 Å². The molecule has 0 unspecified atom stereocenters. The molecule has 0 aliphatic rings. The van der Waals surface area contributed by atoms with Crippen molar-refractivity contribution in [2.75, 3.05) is 10.8 Å². The highest BCUT2D eigenvalue weighted by atomic mass is 32.2. The Bertz CT molecular complexity index is 1410. The van der Waals surface area contributed by atoms with E-state index in [2.05, 4.69) is 19.2 Å². The van der Waals surface area contributed by atoms with Gasteiger partial charge in [0.05, 0.1) is 10.6 Å². The number of benzene rings is 3. The maximum atomic E-state index is 14.1. The van der Waals surface area contributed by atoms with Gasteiger partial charge in [0.1, 0.15) is 12.6 Å². The number of amides is 2. The van der Waals surface area contributed by atoms with Crippen LogP contribution in [0.3, 0.4) is 0 Å². The van der Waals surface area contributed by atoms with Gasteiger partial charge in [-0.05, 0) is 75.4 Å². The van der Waals surface area contributed by atoms with Gasteiger partial charge in [0.25, 0.3) is 10.0 Å². The maximum Gasteiger partial charge on any atom is 0.264 e. The molecule has 0 aromatic heterocycles. The summed E-state index contributed by atoms with van der Waals surface area (Å²) in [6.45, 7) is 13.3. The van der Waals surface area contributed by atoms with Crippen molar-refractivity contribution in [1.82, 2.24) is 10.2 Å². The van der Waals surface area contributed by atoms with Crippen molar-refractivity contribution in [1.29, 1.82) is 0 Å². The van der Waals surface area contributed by atoms with Crippen molar-refractivity contribution >= 4 is 27.5 Å². The molecule has 0 heterocycles. The number of nitrogens with one attached hydrogen (secondary N) is 1. The van der Waals surface area contributed by atoms with E-state index in [0.717, 1.165) is 26.6 Å². The van der Waals surface area contributed by atoms with Gasteiger partial charge in [-0.1, -0.05) is 80.4 Å². The molecular formula is C33H43N3O4S. The Kier molecular flexibility index (Phi) is 10.7. The molecular weight excluding hydrogens is 534 g/mol. The van der Waals surface area contributed by atoms with Crippen LogP contribution < -0.4 is 9.62 Å². The van der Waals surface area contributed by atoms with Gasteiger partial charge in [0.15, 0.2) is 0 Å². The maximum absolute atomic E-state index is 14.1. The van der Waals surface area contributed by atoms with Gasteiger partial charge in [0.2, 0.25) is 11.8 Å². The summed E-state index contributed by atoms with van der Waals surface area (Å²) < 4.78 is 29.2. The fourth-order valence-electron chi connectivity index (χ4n) is 4.58. The number of sulfonamides is 1. The molecule has 0 radical (unpaired) electrons. The molecule has 0 bridgehead atoms. The van der Waals surface area contributed by atoms with Crippen molar-refractivity contribution in [2.45, 2.75) is 84.3 Å². The number of carbonyl (C=O) groups excluding carboxylic acids is 2. The zero-order valence-corrected chi connectivity index (χ0v) is 26.0. The third kappa shape index (κ3) is 8.19. The SMILES string of the molecule is CC[C@@H](C(=O)NC(C)C)N(Cc1ccc(C)cc1)C(=O)CN(c1ccc(C(C)C)cc1)S(=O)(=O)c1ccc(C)cc1. The van der Waals surface area contributed by atoms with Crippen molar-refractivity contribution in [3.05, 3.63) is 95.1 Å². The number of hydrogen-bond donors (Lipinski definition) is 1. The monoisotopic (exact) mass is 577 g/mol. The second-order valence-electron chi connectivity index (χ2n) is 11.2. The van der Waals surface area contributed by atoms with E-state index in [0.29, 0.717) is 12.1 Å². The first kappa shape index (κ1) is 31.9. The molecule has 3 aromatic rings. The minimum absolute atomic E-state index is 0.0958. The minimum atomic E-state index is -4.10. The molecule has 0 aliphatic heterocycles. The Balaban J connectivity index is 2.07. The van der Waals surface area contributed by atoms with Crippen LogP contribution in [-0.2, 0) is 26.2 Å². The van der Waals surface area contributed by atoms with E-state index < -0.39 is 28.5 Å². The summed E-state index contributed by atoms with van der Waals surface area (Å²) in [7, 11) is -4.10. The number of nitrogens with zero attached hydrogens (tertiary/aromatic N) is 2. The summed E-state index contributed by atoms with van der Waals surface area (Å²) in [5.41, 5.74) is 4.31. The van der Waals surface area contributed by atoms with Gasteiger partial charge in [-0.2, -0.15) is 0 Å². The van der Waals surface area contributed by atoms with E-state index in [-0.39, 0.29) is 29.3 Å². The van der Waals surface area contributed by atoms with E-state index in [4.69, 9.17) is 0 Å². The molecule has 8 heteroatoms. The zero-order valence-electron chi connectivity index (χ0n) is 25.2. The summed E-state index contributed by atoms with van der Waals surface area (Å²) in [4.78, 5) is 29.0. The molecule has 0 aliphatic carbocycles. The van der Waals surface area contributed by atoms with Crippen LogP contribution in [0.2, 0.25) is 0 Å². The smallest absolute Gasteiger partial charge is 0.264 e. The molecule has 0 saturated heterocycles. The first-order chi connectivity index (χ1) is 19.3. The van der Waals surface area contributed by atoms with Gasteiger partial charge < -0.3 is 10.2 Å². The summed E-state index contributed by atoms with van der Waals surface area (Å²) >= 11 is 0. The van der Waals surface area contributed by atoms with Crippen LogP contribution >= 0.6 is 0 Å². The quantitative estimate of drug-likeness (QED) is 0.288. The van der Waals surface area contributed by atoms with E-state index in [1.165, 1.54) is 4.90 Å². The molecule has 0 fully saturated rings. The lowest BCUT2D eigenvalue weighted by Crippen LogP contribution is -2.53. The Hall–Kier alpha value is -3.65. The molecule has 1 N–H and O–H groups in total. The predicted octanol–water partition coefficient (Wildman–Crippen LogP) is 5.95. The Morgan fingerprint density at radius 2 is 1.34 bits per heavy atom. The molecule has 3 rings (SSSR count). The van der Waals surface area contributed by atoms with Crippen LogP contribution in [0.1, 0.15) is 69.2 Å². The van der Waals surface area contributed by atoms with Crippen molar-refractivity contribution in [3.8, 4) is 0 Å². The van der Waals surface area contributed by atoms with Crippen LogP contribution in [0, 0.1) is 13.8 Å². The normalized spacial score (nSPS) is 12.3. The number of hydrogen-bond acceptors (Lipinski definition) is 4. The van der Waals surface area contributed by atoms with E-state index >= 15 is 0 Å². The largest absolute Gasteiger partial charge is 0.352 e. The molecule has 1 atom stereocenters. The number of anilines is 1. The minimum Gasteiger partial charge on any atom is -0.352 e. The number of carbonyl (C=O) groups is 2. The van der Waals surface area contributed by atoms with E-state index in [1.54, 1.807) is 36.4 Å². The predicted molar refractivity (Wildman–Crippen MR) is 165 cm³/mol. The van der Waals surface area contributed by atoms with Crippen LogP contribution in [-0.4, -0.2) is 43.8 Å². The average molecular weight is 578 g/mol. The van der Waals surface area contributed by atoms with E-state index in [1.807, 2.05) is 71.0 Å². The van der Waals surface area contributed by atoms with Gasteiger partial charge in [-0.3, -0.25) is 13.9 Å². The summed E-state index contributed by atoms with van der Waals surface area (Å²) in [6.07, 6.45) is 0.379. The molecule has 220 valence electrons. The van der Waals surface area contributed by atoms with Crippen LogP contribution in [0.5, 0.6) is 0 Å². The highest BCUT2D eigenvalue weighted by molar-refractivity contribution is 7.92. The fourth-order valence-corrected chi connectivity index (χ4v) is 6.00. The molecule has 0 saturated carbocycles. The second-order valence-corrected chi connectivity index (χ2v) is 13.0. The van der Waals surface area contributed by atoms with Crippen LogP contribution in [0.4, 0.5) is 5.69 Å². The first-order valence-electron chi connectivity index (χ1n) is 14.2. The molecule has 3 aromatic carbocycles. The average Bonchev–Trinajstić information content (AvgIpc) is 2.92. The van der Waals surface area contributed by atoms with Gasteiger partial charge in [0, 0.05) is 12.6 Å². The zero-order chi connectivity index (χ0) is 30.3. The summed E-state index contributed by atoms with van der Waals surface area (Å²) in [5.74, 6) is -0.459. The Morgan fingerprint density at radius 1 is 0.805 bits per heavy atom. The summed E-state index contributed by atoms with van der Waals surface area (Å²) in [5, 5.41) is 2.92. The van der Waals surface area contributed by atoms with Crippen molar-refractivity contribution in [2.24, 2.45) is 0 Å². The molecule has 0 spiro atoms. The highest BCUT2D eigenvalue weighted by Crippen LogP contribution is 2.27. The van der Waals surface area contributed by atoms with Gasteiger partial charge in [-0.25, -0.2) is 8.42 Å². The third-order valence-electron chi connectivity index (χ3n) is 7.03. The van der Waals surface area contributed by atoms with Crippen LogP contribution in [0.15, 0.2) is 77.7 Å². The topological polar surface area (TPSA) is 86.8 Å². The Labute approximate surface area is 245 Å². The lowest BCUT2D eigenvalue weighted by atomic mass is 10.0. The Morgan fingerprint density at radius 3 is 1.83 bits per heavy atom. The fraction of sp³-hybridized carbons (Fsp3) is 0.394. The van der Waals surface area contributed by atoms with Crippen LogP contribution in [0.25, 0.3) is 0 Å². The standard InChI is InChI=1S/C33H43N3O4S/c1-8-31(33(38)34-24(4)5)35(21-27-13-9-25(6)10-14-27)32(37)22-36(29-17-15-28(16-18-29)23(2)3)41(39,40)30-19-11-26(7)12-20-30/h9-20,23-24,31H,8,21-22H2,1-7H3,(H,34,38)/t31-/m0/s1. The van der Waals surface area contributed by atoms with Crippen molar-refractivity contribution < 1.29 is 18.0 Å². The summed E-state index contributed by atoms with van der Waals surface area (Å²) in [6, 6.07) is 20.7. The highest BCUT2D eigenvalue weighted by Gasteiger charge is 2.33. The second kappa shape index (κ2) is 13.8. The molecule has 7 nitrogen and oxygen atoms in total. The molecule has 41 heavy (non-hydrogen) atoms. The number of rotatable bonds is 12.